The molecule has 1 saturated heterocycles. The SMILES string of the molecule is O=C1CCC(n2nnc3c([N+](=O)[O-])cccc3c2=O)C(=O)N1. The van der Waals surface area contributed by atoms with Crippen LogP contribution in [0.4, 0.5) is 5.69 Å². The summed E-state index contributed by atoms with van der Waals surface area (Å²) in [5.74, 6) is -1.06. The molecule has 1 atom stereocenters. The molecule has 1 aliphatic heterocycles. The Morgan fingerprint density at radius 1 is 1.32 bits per heavy atom. The Kier molecular flexibility index (Phi) is 3.13. The highest BCUT2D eigenvalue weighted by molar-refractivity contribution is 5.99. The molecule has 1 unspecified atom stereocenters. The maximum absolute atomic E-state index is 12.4. The van der Waals surface area contributed by atoms with Crippen molar-refractivity contribution in [3.8, 4) is 0 Å². The van der Waals surface area contributed by atoms with Crippen molar-refractivity contribution >= 4 is 28.4 Å². The van der Waals surface area contributed by atoms with E-state index in [0.717, 1.165) is 4.68 Å². The van der Waals surface area contributed by atoms with Gasteiger partial charge in [0.15, 0.2) is 5.52 Å². The van der Waals surface area contributed by atoms with Gasteiger partial charge in [0, 0.05) is 12.5 Å². The van der Waals surface area contributed by atoms with E-state index in [1.807, 2.05) is 0 Å². The highest BCUT2D eigenvalue weighted by atomic mass is 16.6. The largest absolute Gasteiger partial charge is 0.297 e. The van der Waals surface area contributed by atoms with E-state index < -0.39 is 28.3 Å². The van der Waals surface area contributed by atoms with Gasteiger partial charge in [-0.15, -0.1) is 5.10 Å². The minimum absolute atomic E-state index is 0.00565. The Balaban J connectivity index is 2.16. The summed E-state index contributed by atoms with van der Waals surface area (Å²) in [6.07, 6.45) is 0.206. The fraction of sp³-hybridized carbons (Fsp3) is 0.250. The van der Waals surface area contributed by atoms with Gasteiger partial charge in [-0.3, -0.25) is 29.8 Å². The molecule has 2 amide bonds. The molecule has 22 heavy (non-hydrogen) atoms. The quantitative estimate of drug-likeness (QED) is 0.455. The molecule has 2 heterocycles. The number of nitro benzene ring substituents is 1. The molecular formula is C12H9N5O5. The van der Waals surface area contributed by atoms with E-state index in [-0.39, 0.29) is 29.4 Å². The number of amides is 2. The van der Waals surface area contributed by atoms with Gasteiger partial charge in [-0.2, -0.15) is 4.68 Å². The molecule has 0 saturated carbocycles. The lowest BCUT2D eigenvalue weighted by molar-refractivity contribution is -0.383. The number of fused-ring (bicyclic) bond motifs is 1. The molecule has 2 aromatic rings. The Hall–Kier alpha value is -3.17. The Labute approximate surface area is 121 Å². The van der Waals surface area contributed by atoms with Crippen LogP contribution in [0, 0.1) is 10.1 Å². The van der Waals surface area contributed by atoms with Crippen LogP contribution in [0.15, 0.2) is 23.0 Å². The molecule has 3 rings (SSSR count). The summed E-state index contributed by atoms with van der Waals surface area (Å²) < 4.78 is 0.855. The van der Waals surface area contributed by atoms with E-state index in [1.54, 1.807) is 0 Å². The molecule has 1 fully saturated rings. The van der Waals surface area contributed by atoms with Gasteiger partial charge in [0.1, 0.15) is 6.04 Å². The molecule has 1 aromatic heterocycles. The van der Waals surface area contributed by atoms with Gasteiger partial charge in [-0.1, -0.05) is 11.3 Å². The third-order valence-corrected chi connectivity index (χ3v) is 3.40. The summed E-state index contributed by atoms with van der Waals surface area (Å²) in [7, 11) is 0. The molecule has 1 aromatic carbocycles. The first kappa shape index (κ1) is 13.8. The number of non-ortho nitro benzene ring substituents is 1. The zero-order chi connectivity index (χ0) is 15.9. The summed E-state index contributed by atoms with van der Waals surface area (Å²) in [5.41, 5.74) is -1.14. The van der Waals surface area contributed by atoms with E-state index >= 15 is 0 Å². The highest BCUT2D eigenvalue weighted by Crippen LogP contribution is 2.21. The van der Waals surface area contributed by atoms with E-state index in [4.69, 9.17) is 0 Å². The number of carbonyl (C=O) groups is 2. The van der Waals surface area contributed by atoms with Crippen molar-refractivity contribution in [1.29, 1.82) is 0 Å². The van der Waals surface area contributed by atoms with Crippen LogP contribution in [0.2, 0.25) is 0 Å². The zero-order valence-electron chi connectivity index (χ0n) is 11.1. The Morgan fingerprint density at radius 2 is 2.09 bits per heavy atom. The van der Waals surface area contributed by atoms with Crippen molar-refractivity contribution in [3.63, 3.8) is 0 Å². The van der Waals surface area contributed by atoms with E-state index in [1.165, 1.54) is 18.2 Å². The second-order valence-electron chi connectivity index (χ2n) is 4.74. The summed E-state index contributed by atoms with van der Waals surface area (Å²) in [5, 5.41) is 20.4. The van der Waals surface area contributed by atoms with Gasteiger partial charge in [0.2, 0.25) is 5.91 Å². The Morgan fingerprint density at radius 3 is 2.77 bits per heavy atom. The van der Waals surface area contributed by atoms with Gasteiger partial charge in [-0.05, 0) is 12.5 Å². The number of rotatable bonds is 2. The molecule has 0 radical (unpaired) electrons. The summed E-state index contributed by atoms with van der Waals surface area (Å²) in [6.45, 7) is 0. The number of nitrogens with one attached hydrogen (secondary N) is 1. The topological polar surface area (TPSA) is 137 Å². The number of nitro groups is 1. The monoisotopic (exact) mass is 303 g/mol. The number of imide groups is 1. The van der Waals surface area contributed by atoms with Crippen molar-refractivity contribution in [2.45, 2.75) is 18.9 Å². The van der Waals surface area contributed by atoms with E-state index in [0.29, 0.717) is 0 Å². The van der Waals surface area contributed by atoms with Gasteiger partial charge in [0.05, 0.1) is 10.3 Å². The number of aromatic nitrogens is 3. The maximum Gasteiger partial charge on any atom is 0.297 e. The van der Waals surface area contributed by atoms with Crippen LogP contribution < -0.4 is 10.9 Å². The standard InChI is InChI=1S/C12H9N5O5/c18-9-5-4-8(11(19)13-9)16-12(20)6-2-1-3-7(17(21)22)10(6)14-15-16/h1-3,8H,4-5H2,(H,13,18,19). The first-order valence-electron chi connectivity index (χ1n) is 6.35. The van der Waals surface area contributed by atoms with E-state index in [2.05, 4.69) is 15.6 Å². The molecule has 0 bridgehead atoms. The van der Waals surface area contributed by atoms with Gasteiger partial charge >= 0.3 is 0 Å². The number of nitrogens with zero attached hydrogens (tertiary/aromatic N) is 4. The highest BCUT2D eigenvalue weighted by Gasteiger charge is 2.30. The van der Waals surface area contributed by atoms with Gasteiger partial charge in [0.25, 0.3) is 17.2 Å². The first-order chi connectivity index (χ1) is 10.5. The average Bonchev–Trinajstić information content (AvgIpc) is 2.48. The van der Waals surface area contributed by atoms with Crippen LogP contribution in [-0.2, 0) is 9.59 Å². The van der Waals surface area contributed by atoms with Crippen LogP contribution in [0.1, 0.15) is 18.9 Å². The predicted molar refractivity (Wildman–Crippen MR) is 71.9 cm³/mol. The molecule has 1 aliphatic rings. The summed E-state index contributed by atoms with van der Waals surface area (Å²) in [6, 6.07) is 2.99. The second-order valence-corrected chi connectivity index (χ2v) is 4.74. The minimum atomic E-state index is -0.957. The van der Waals surface area contributed by atoms with Crippen LogP contribution in [0.3, 0.4) is 0 Å². The smallest absolute Gasteiger partial charge is 0.295 e. The van der Waals surface area contributed by atoms with Crippen molar-refractivity contribution in [2.24, 2.45) is 0 Å². The molecule has 0 spiro atoms. The van der Waals surface area contributed by atoms with Crippen molar-refractivity contribution in [2.75, 3.05) is 0 Å². The number of piperidine rings is 1. The first-order valence-corrected chi connectivity index (χ1v) is 6.35. The van der Waals surface area contributed by atoms with Crippen molar-refractivity contribution in [1.82, 2.24) is 20.3 Å². The van der Waals surface area contributed by atoms with Gasteiger partial charge in [-0.25, -0.2) is 0 Å². The molecule has 10 heteroatoms. The predicted octanol–water partition coefficient (Wildman–Crippen LogP) is -0.323. The number of hydrogen-bond acceptors (Lipinski definition) is 7. The van der Waals surface area contributed by atoms with Crippen LogP contribution in [0.5, 0.6) is 0 Å². The summed E-state index contributed by atoms with van der Waals surface area (Å²) in [4.78, 5) is 45.6. The average molecular weight is 303 g/mol. The maximum atomic E-state index is 12.4. The lowest BCUT2D eigenvalue weighted by Crippen LogP contribution is -2.45. The molecule has 1 N–H and O–H groups in total. The zero-order valence-corrected chi connectivity index (χ0v) is 11.1. The van der Waals surface area contributed by atoms with Crippen molar-refractivity contribution in [3.05, 3.63) is 38.7 Å². The number of carbonyl (C=O) groups excluding carboxylic acids is 2. The summed E-state index contributed by atoms with van der Waals surface area (Å²) >= 11 is 0. The molecule has 112 valence electrons. The fourth-order valence-electron chi connectivity index (χ4n) is 2.33. The second kappa shape index (κ2) is 4.98. The lowest BCUT2D eigenvalue weighted by Gasteiger charge is -2.21. The third kappa shape index (κ3) is 2.10. The van der Waals surface area contributed by atoms with Gasteiger partial charge < -0.3 is 0 Å². The Bertz CT molecular complexity index is 874. The number of benzene rings is 1. The van der Waals surface area contributed by atoms with Crippen LogP contribution >= 0.6 is 0 Å². The number of hydrogen-bond donors (Lipinski definition) is 1. The van der Waals surface area contributed by atoms with Crippen LogP contribution in [0.25, 0.3) is 10.9 Å². The third-order valence-electron chi connectivity index (χ3n) is 3.40. The van der Waals surface area contributed by atoms with Crippen LogP contribution in [-0.4, -0.2) is 31.7 Å². The molecule has 10 nitrogen and oxygen atoms in total. The molecule has 0 aliphatic carbocycles. The lowest BCUT2D eigenvalue weighted by atomic mass is 10.1. The normalized spacial score (nSPS) is 18.3. The fourth-order valence-corrected chi connectivity index (χ4v) is 2.33. The van der Waals surface area contributed by atoms with E-state index in [9.17, 15) is 24.5 Å². The molecular weight excluding hydrogens is 294 g/mol. The van der Waals surface area contributed by atoms with Crippen molar-refractivity contribution < 1.29 is 14.5 Å². The minimum Gasteiger partial charge on any atom is -0.295 e.